The summed E-state index contributed by atoms with van der Waals surface area (Å²) in [4.78, 5) is 10.5. The van der Waals surface area contributed by atoms with Gasteiger partial charge < -0.3 is 14.3 Å². The van der Waals surface area contributed by atoms with Gasteiger partial charge in [-0.1, -0.05) is 109 Å². The van der Waals surface area contributed by atoms with Gasteiger partial charge in [0.15, 0.2) is 6.17 Å². The molecular formula is C45H30N4OS. The highest BCUT2D eigenvalue weighted by Crippen LogP contribution is 2.46. The third kappa shape index (κ3) is 4.33. The van der Waals surface area contributed by atoms with Gasteiger partial charge in [0.25, 0.3) is 0 Å². The largest absolute Gasteiger partial charge is 0.455 e. The van der Waals surface area contributed by atoms with E-state index in [1.54, 1.807) is 11.3 Å². The first-order valence-electron chi connectivity index (χ1n) is 17.4. The van der Waals surface area contributed by atoms with Gasteiger partial charge in [0.05, 0.1) is 22.1 Å². The quantitative estimate of drug-likeness (QED) is 0.202. The maximum atomic E-state index is 6.87. The highest BCUT2D eigenvalue weighted by atomic mass is 32.1. The summed E-state index contributed by atoms with van der Waals surface area (Å²) in [5.74, 6) is 1.74. The van der Waals surface area contributed by atoms with E-state index in [2.05, 4.69) is 149 Å². The van der Waals surface area contributed by atoms with Crippen LogP contribution in [-0.4, -0.2) is 16.2 Å². The fraction of sp³-hybridized carbons (Fsp3) is 0.0667. The maximum Gasteiger partial charge on any atom is 0.171 e. The maximum absolute atomic E-state index is 6.87. The summed E-state index contributed by atoms with van der Waals surface area (Å²) in [6.07, 6.45) is 8.08. The second kappa shape index (κ2) is 11.1. The SMILES string of the molecule is C1=CCCC(C2=NC(c3cccc4c3sc3ccc5c(oc6cccc(-n7c8ccccc8c8ccccc87)c65)c34)N=C(c3ccccc3)N2)=C1. The normalized spacial score (nSPS) is 16.3. The van der Waals surface area contributed by atoms with Gasteiger partial charge >= 0.3 is 0 Å². The Morgan fingerprint density at radius 1 is 0.667 bits per heavy atom. The number of thiophene rings is 1. The van der Waals surface area contributed by atoms with E-state index in [0.717, 1.165) is 68.7 Å². The molecule has 1 unspecified atom stereocenters. The van der Waals surface area contributed by atoms with E-state index in [0.29, 0.717) is 0 Å². The molecule has 0 spiro atoms. The fourth-order valence-corrected chi connectivity index (χ4v) is 9.27. The van der Waals surface area contributed by atoms with Gasteiger partial charge in [0, 0.05) is 47.5 Å². The van der Waals surface area contributed by atoms with Crippen LogP contribution in [0.3, 0.4) is 0 Å². The number of rotatable bonds is 4. The van der Waals surface area contributed by atoms with Crippen LogP contribution in [0.2, 0.25) is 0 Å². The van der Waals surface area contributed by atoms with Crippen LogP contribution in [0.4, 0.5) is 0 Å². The number of nitrogens with zero attached hydrogens (tertiary/aromatic N) is 3. The molecule has 6 aromatic carbocycles. The van der Waals surface area contributed by atoms with E-state index < -0.39 is 0 Å². The second-order valence-corrected chi connectivity index (χ2v) is 14.3. The van der Waals surface area contributed by atoms with Crippen molar-refractivity contribution < 1.29 is 4.42 Å². The lowest BCUT2D eigenvalue weighted by molar-refractivity contribution is 0.673. The zero-order chi connectivity index (χ0) is 33.5. The van der Waals surface area contributed by atoms with Gasteiger partial charge in [-0.3, -0.25) is 0 Å². The number of fused-ring (bicyclic) bond motifs is 10. The number of furan rings is 1. The van der Waals surface area contributed by atoms with E-state index in [-0.39, 0.29) is 6.17 Å². The molecule has 242 valence electrons. The van der Waals surface area contributed by atoms with Crippen molar-refractivity contribution in [2.45, 2.75) is 19.0 Å². The number of hydrogen-bond donors (Lipinski definition) is 1. The van der Waals surface area contributed by atoms with Crippen LogP contribution in [0.15, 0.2) is 166 Å². The summed E-state index contributed by atoms with van der Waals surface area (Å²) in [6.45, 7) is 0. The third-order valence-electron chi connectivity index (χ3n) is 10.3. The van der Waals surface area contributed by atoms with E-state index >= 15 is 0 Å². The van der Waals surface area contributed by atoms with Crippen molar-refractivity contribution in [1.29, 1.82) is 0 Å². The molecule has 3 aromatic heterocycles. The zero-order valence-corrected chi connectivity index (χ0v) is 28.3. The predicted molar refractivity (Wildman–Crippen MR) is 214 cm³/mol. The lowest BCUT2D eigenvalue weighted by atomic mass is 10.0. The van der Waals surface area contributed by atoms with E-state index in [9.17, 15) is 0 Å². The van der Waals surface area contributed by atoms with Crippen LogP contribution in [0, 0.1) is 0 Å². The molecule has 1 N–H and O–H groups in total. The Morgan fingerprint density at radius 2 is 1.41 bits per heavy atom. The number of para-hydroxylation sites is 2. The first kappa shape index (κ1) is 28.6. The summed E-state index contributed by atoms with van der Waals surface area (Å²) >= 11 is 1.80. The Labute approximate surface area is 297 Å². The molecule has 9 aromatic rings. The highest BCUT2D eigenvalue weighted by molar-refractivity contribution is 7.26. The van der Waals surface area contributed by atoms with Gasteiger partial charge in [-0.25, -0.2) is 9.98 Å². The molecule has 2 aliphatic rings. The van der Waals surface area contributed by atoms with Crippen molar-refractivity contribution in [3.05, 3.63) is 162 Å². The van der Waals surface area contributed by atoms with Crippen molar-refractivity contribution in [3.63, 3.8) is 0 Å². The average molecular weight is 675 g/mol. The topological polar surface area (TPSA) is 54.8 Å². The Kier molecular flexibility index (Phi) is 6.24. The summed E-state index contributed by atoms with van der Waals surface area (Å²) in [5, 5.41) is 10.6. The molecule has 0 bridgehead atoms. The van der Waals surface area contributed by atoms with Crippen LogP contribution in [0.5, 0.6) is 0 Å². The molecule has 1 aliphatic heterocycles. The van der Waals surface area contributed by atoms with E-state index in [1.165, 1.54) is 42.2 Å². The first-order valence-corrected chi connectivity index (χ1v) is 18.2. The monoisotopic (exact) mass is 674 g/mol. The molecule has 0 saturated heterocycles. The minimum Gasteiger partial charge on any atom is -0.455 e. The number of hydrogen-bond acceptors (Lipinski definition) is 5. The van der Waals surface area contributed by atoms with E-state index in [1.807, 2.05) is 6.07 Å². The second-order valence-electron chi connectivity index (χ2n) is 13.2. The lowest BCUT2D eigenvalue weighted by Crippen LogP contribution is -2.36. The molecule has 0 radical (unpaired) electrons. The standard InChI is InChI=1S/C45H30N4OS/c1-3-13-27(14-4-1)43-46-44(28-15-5-2-6-16-28)48-45(47-43)33-20-11-19-32-40-38(51-42(32)33)26-25-31-39-36(23-12-24-37(39)50-41(31)40)49-34-21-9-7-17-29(34)30-18-8-10-22-35(30)49/h1-5,7-15,17-26,45H,6,16H2,(H,46,47,48). The van der Waals surface area contributed by atoms with Crippen molar-refractivity contribution in [2.24, 2.45) is 9.98 Å². The summed E-state index contributed by atoms with van der Waals surface area (Å²) in [7, 11) is 0. The van der Waals surface area contributed by atoms with Gasteiger partial charge in [-0.05, 0) is 54.8 Å². The van der Waals surface area contributed by atoms with E-state index in [4.69, 9.17) is 14.4 Å². The van der Waals surface area contributed by atoms with Crippen LogP contribution in [0.25, 0.3) is 69.6 Å². The molecular weight excluding hydrogens is 645 g/mol. The van der Waals surface area contributed by atoms with Crippen LogP contribution >= 0.6 is 11.3 Å². The summed E-state index contributed by atoms with van der Waals surface area (Å²) in [6, 6.07) is 45.2. The highest BCUT2D eigenvalue weighted by Gasteiger charge is 2.26. The van der Waals surface area contributed by atoms with Crippen molar-refractivity contribution in [2.75, 3.05) is 0 Å². The van der Waals surface area contributed by atoms with Gasteiger partial charge in [0.2, 0.25) is 0 Å². The van der Waals surface area contributed by atoms with Crippen molar-refractivity contribution in [1.82, 2.24) is 9.88 Å². The first-order chi connectivity index (χ1) is 25.3. The summed E-state index contributed by atoms with van der Waals surface area (Å²) in [5.41, 5.74) is 8.64. The molecule has 0 fully saturated rings. The molecule has 1 atom stereocenters. The van der Waals surface area contributed by atoms with Crippen LogP contribution in [-0.2, 0) is 0 Å². The number of amidine groups is 2. The van der Waals surface area contributed by atoms with Crippen molar-refractivity contribution in [3.8, 4) is 5.69 Å². The zero-order valence-electron chi connectivity index (χ0n) is 27.5. The summed E-state index contributed by atoms with van der Waals surface area (Å²) < 4.78 is 11.6. The Bertz CT molecular complexity index is 2960. The average Bonchev–Trinajstić information content (AvgIpc) is 3.88. The molecule has 4 heterocycles. The number of nitrogens with one attached hydrogen (secondary N) is 1. The Balaban J connectivity index is 1.14. The minimum atomic E-state index is -0.381. The lowest BCUT2D eigenvalue weighted by Gasteiger charge is -2.24. The molecule has 0 amide bonds. The number of aromatic nitrogens is 1. The van der Waals surface area contributed by atoms with Gasteiger partial charge in [-0.2, -0.15) is 0 Å². The van der Waals surface area contributed by atoms with Crippen LogP contribution < -0.4 is 5.32 Å². The minimum absolute atomic E-state index is 0.381. The molecule has 0 saturated carbocycles. The van der Waals surface area contributed by atoms with Gasteiger partial charge in [-0.15, -0.1) is 11.3 Å². The Hall–Kier alpha value is -6.24. The number of benzene rings is 6. The Morgan fingerprint density at radius 3 is 2.22 bits per heavy atom. The number of allylic oxidation sites excluding steroid dienone is 3. The molecule has 6 heteroatoms. The predicted octanol–water partition coefficient (Wildman–Crippen LogP) is 11.8. The molecule has 11 rings (SSSR count). The van der Waals surface area contributed by atoms with Gasteiger partial charge in [0.1, 0.15) is 22.8 Å². The van der Waals surface area contributed by atoms with Crippen molar-refractivity contribution >= 4 is 86.9 Å². The van der Waals surface area contributed by atoms with Crippen LogP contribution in [0.1, 0.15) is 30.1 Å². The smallest absolute Gasteiger partial charge is 0.171 e. The molecule has 1 aliphatic carbocycles. The number of aliphatic imine (C=N–C) groups is 2. The molecule has 51 heavy (non-hydrogen) atoms. The third-order valence-corrected chi connectivity index (χ3v) is 11.6. The molecule has 5 nitrogen and oxygen atoms in total. The fourth-order valence-electron chi connectivity index (χ4n) is 8.04.